The number of phenols is 2. The fourth-order valence-corrected chi connectivity index (χ4v) is 2.98. The van der Waals surface area contributed by atoms with E-state index >= 15 is 0 Å². The molecule has 0 aliphatic carbocycles. The highest BCUT2D eigenvalue weighted by atomic mass is 16.5. The summed E-state index contributed by atoms with van der Waals surface area (Å²) in [4.78, 5) is 12.6. The standard InChI is InChI=1S/C18H18O7/c1-22-11-6-4-5-9(19)15(11)12-7-10(20)16-13(25-12)8-14(23-2)18(24-3)17(16)21/h4-6,8,12,19,21H,7H2,1-3H3/t12-/m0/s1. The summed E-state index contributed by atoms with van der Waals surface area (Å²) in [6, 6.07) is 6.28. The van der Waals surface area contributed by atoms with Crippen molar-refractivity contribution < 1.29 is 34.0 Å². The molecule has 1 heterocycles. The van der Waals surface area contributed by atoms with E-state index in [1.54, 1.807) is 12.1 Å². The van der Waals surface area contributed by atoms with E-state index in [0.29, 0.717) is 11.3 Å². The van der Waals surface area contributed by atoms with Crippen LogP contribution in [-0.2, 0) is 0 Å². The largest absolute Gasteiger partial charge is 0.507 e. The smallest absolute Gasteiger partial charge is 0.204 e. The summed E-state index contributed by atoms with van der Waals surface area (Å²) < 4.78 is 21.4. The van der Waals surface area contributed by atoms with Gasteiger partial charge in [-0.25, -0.2) is 0 Å². The molecule has 25 heavy (non-hydrogen) atoms. The quantitative estimate of drug-likeness (QED) is 0.879. The first-order valence-electron chi connectivity index (χ1n) is 7.55. The first kappa shape index (κ1) is 16.8. The number of aromatic hydroxyl groups is 2. The molecule has 2 aromatic rings. The number of carbonyl (C=O) groups is 1. The van der Waals surface area contributed by atoms with Crippen LogP contribution in [0.25, 0.3) is 0 Å². The van der Waals surface area contributed by atoms with Gasteiger partial charge in [-0.3, -0.25) is 4.79 Å². The van der Waals surface area contributed by atoms with E-state index in [9.17, 15) is 15.0 Å². The van der Waals surface area contributed by atoms with Gasteiger partial charge in [0.1, 0.15) is 28.9 Å². The van der Waals surface area contributed by atoms with Crippen molar-refractivity contribution in [1.29, 1.82) is 0 Å². The third-order valence-corrected chi connectivity index (χ3v) is 4.11. The highest BCUT2D eigenvalue weighted by Gasteiger charge is 2.35. The Morgan fingerprint density at radius 3 is 2.44 bits per heavy atom. The van der Waals surface area contributed by atoms with E-state index in [0.717, 1.165) is 0 Å². The molecule has 0 spiro atoms. The first-order chi connectivity index (χ1) is 12.0. The molecule has 7 heteroatoms. The molecule has 0 amide bonds. The van der Waals surface area contributed by atoms with E-state index < -0.39 is 6.10 Å². The molecular weight excluding hydrogens is 328 g/mol. The van der Waals surface area contributed by atoms with Gasteiger partial charge in [0, 0.05) is 6.07 Å². The van der Waals surface area contributed by atoms with E-state index in [-0.39, 0.29) is 46.5 Å². The Morgan fingerprint density at radius 1 is 1.08 bits per heavy atom. The van der Waals surface area contributed by atoms with Crippen LogP contribution in [0.2, 0.25) is 0 Å². The summed E-state index contributed by atoms with van der Waals surface area (Å²) in [6.07, 6.45) is -0.821. The van der Waals surface area contributed by atoms with Gasteiger partial charge in [-0.05, 0) is 12.1 Å². The number of phenolic OH excluding ortho intramolecular Hbond substituents is 2. The van der Waals surface area contributed by atoms with Crippen molar-refractivity contribution >= 4 is 5.78 Å². The Kier molecular flexibility index (Phi) is 4.31. The van der Waals surface area contributed by atoms with Crippen LogP contribution in [0.5, 0.6) is 34.5 Å². The second kappa shape index (κ2) is 6.43. The molecule has 1 aliphatic rings. The number of rotatable bonds is 4. The average molecular weight is 346 g/mol. The third kappa shape index (κ3) is 2.67. The minimum Gasteiger partial charge on any atom is -0.507 e. The van der Waals surface area contributed by atoms with Crippen LogP contribution < -0.4 is 18.9 Å². The summed E-state index contributed by atoms with van der Waals surface area (Å²) in [5.74, 6) is 0.158. The van der Waals surface area contributed by atoms with Gasteiger partial charge in [-0.15, -0.1) is 0 Å². The number of benzene rings is 2. The van der Waals surface area contributed by atoms with Gasteiger partial charge in [0.25, 0.3) is 0 Å². The van der Waals surface area contributed by atoms with Crippen molar-refractivity contribution in [2.24, 2.45) is 0 Å². The molecule has 3 rings (SSSR count). The van der Waals surface area contributed by atoms with Crippen LogP contribution in [0.15, 0.2) is 24.3 Å². The zero-order chi connectivity index (χ0) is 18.1. The molecule has 0 aromatic heterocycles. The summed E-state index contributed by atoms with van der Waals surface area (Å²) in [5.41, 5.74) is 0.404. The molecule has 0 bridgehead atoms. The monoisotopic (exact) mass is 346 g/mol. The van der Waals surface area contributed by atoms with Crippen molar-refractivity contribution in [1.82, 2.24) is 0 Å². The van der Waals surface area contributed by atoms with Gasteiger partial charge in [0.05, 0.1) is 33.3 Å². The predicted molar refractivity (Wildman–Crippen MR) is 88.2 cm³/mol. The van der Waals surface area contributed by atoms with Crippen LogP contribution in [0, 0.1) is 0 Å². The highest BCUT2D eigenvalue weighted by molar-refractivity contribution is 6.03. The molecule has 1 aliphatic heterocycles. The van der Waals surface area contributed by atoms with Crippen molar-refractivity contribution in [3.05, 3.63) is 35.4 Å². The second-order valence-corrected chi connectivity index (χ2v) is 5.46. The first-order valence-corrected chi connectivity index (χ1v) is 7.55. The Balaban J connectivity index is 2.11. The van der Waals surface area contributed by atoms with Crippen LogP contribution in [0.1, 0.15) is 28.4 Å². The fraction of sp³-hybridized carbons (Fsp3) is 0.278. The number of hydrogen-bond acceptors (Lipinski definition) is 7. The Morgan fingerprint density at radius 2 is 1.80 bits per heavy atom. The lowest BCUT2D eigenvalue weighted by Crippen LogP contribution is -2.21. The maximum atomic E-state index is 12.6. The molecule has 0 saturated carbocycles. The SMILES string of the molecule is COc1cc2c(c(O)c1OC)C(=O)C[C@@H](c1c(O)cccc1OC)O2. The summed E-state index contributed by atoms with van der Waals surface area (Å²) in [6.45, 7) is 0. The second-order valence-electron chi connectivity index (χ2n) is 5.46. The lowest BCUT2D eigenvalue weighted by molar-refractivity contribution is 0.0837. The fourth-order valence-electron chi connectivity index (χ4n) is 2.98. The molecule has 0 saturated heterocycles. The van der Waals surface area contributed by atoms with Gasteiger partial charge < -0.3 is 29.2 Å². The topological polar surface area (TPSA) is 94.5 Å². The van der Waals surface area contributed by atoms with E-state index in [2.05, 4.69) is 0 Å². The Labute approximate surface area is 144 Å². The van der Waals surface area contributed by atoms with Crippen LogP contribution in [0.3, 0.4) is 0 Å². The molecule has 2 aromatic carbocycles. The number of fused-ring (bicyclic) bond motifs is 1. The lowest BCUT2D eigenvalue weighted by atomic mass is 9.94. The Hall–Kier alpha value is -3.09. The maximum Gasteiger partial charge on any atom is 0.204 e. The van der Waals surface area contributed by atoms with Crippen molar-refractivity contribution in [3.63, 3.8) is 0 Å². The van der Waals surface area contributed by atoms with Gasteiger partial charge in [-0.2, -0.15) is 0 Å². The zero-order valence-corrected chi connectivity index (χ0v) is 14.0. The predicted octanol–water partition coefficient (Wildman–Crippen LogP) is 2.83. The van der Waals surface area contributed by atoms with Crippen LogP contribution in [-0.4, -0.2) is 37.3 Å². The van der Waals surface area contributed by atoms with E-state index in [1.165, 1.54) is 33.5 Å². The number of methoxy groups -OCH3 is 3. The molecule has 0 unspecified atom stereocenters. The number of hydrogen-bond donors (Lipinski definition) is 2. The van der Waals surface area contributed by atoms with Gasteiger partial charge in [-0.1, -0.05) is 6.07 Å². The molecule has 0 radical (unpaired) electrons. The van der Waals surface area contributed by atoms with Crippen molar-refractivity contribution in [3.8, 4) is 34.5 Å². The zero-order valence-electron chi connectivity index (χ0n) is 14.0. The number of Topliss-reactive ketones (excluding diaryl/α,β-unsaturated/α-hetero) is 1. The van der Waals surface area contributed by atoms with E-state index in [4.69, 9.17) is 18.9 Å². The normalized spacial score (nSPS) is 16.0. The van der Waals surface area contributed by atoms with Gasteiger partial charge in [0.2, 0.25) is 5.75 Å². The number of ether oxygens (including phenoxy) is 4. The van der Waals surface area contributed by atoms with Crippen LogP contribution in [0.4, 0.5) is 0 Å². The highest BCUT2D eigenvalue weighted by Crippen LogP contribution is 2.50. The molecule has 1 atom stereocenters. The average Bonchev–Trinajstić information content (AvgIpc) is 2.60. The minimum absolute atomic E-state index is 0.0308. The summed E-state index contributed by atoms with van der Waals surface area (Å²) in [7, 11) is 4.25. The van der Waals surface area contributed by atoms with Gasteiger partial charge >= 0.3 is 0 Å². The van der Waals surface area contributed by atoms with E-state index in [1.807, 2.05) is 0 Å². The van der Waals surface area contributed by atoms with Gasteiger partial charge in [0.15, 0.2) is 17.3 Å². The summed E-state index contributed by atoms with van der Waals surface area (Å²) in [5, 5.41) is 20.5. The Bertz CT molecular complexity index is 829. The third-order valence-electron chi connectivity index (χ3n) is 4.11. The summed E-state index contributed by atoms with van der Waals surface area (Å²) >= 11 is 0. The number of carbonyl (C=O) groups excluding carboxylic acids is 1. The molecule has 2 N–H and O–H groups in total. The van der Waals surface area contributed by atoms with Crippen molar-refractivity contribution in [2.75, 3.05) is 21.3 Å². The van der Waals surface area contributed by atoms with Crippen molar-refractivity contribution in [2.45, 2.75) is 12.5 Å². The minimum atomic E-state index is -0.756. The number of ketones is 1. The molecule has 132 valence electrons. The molecule has 7 nitrogen and oxygen atoms in total. The maximum absolute atomic E-state index is 12.6. The lowest BCUT2D eigenvalue weighted by Gasteiger charge is -2.28. The molecule has 0 fully saturated rings. The van der Waals surface area contributed by atoms with Crippen LogP contribution >= 0.6 is 0 Å². The molecular formula is C18H18O7.